The number of benzene rings is 3. The zero-order chi connectivity index (χ0) is 17.7. The van der Waals surface area contributed by atoms with Crippen molar-refractivity contribution in [1.82, 2.24) is 0 Å². The number of hydrogen-bond acceptors (Lipinski definition) is 2. The predicted molar refractivity (Wildman–Crippen MR) is 113 cm³/mol. The maximum Gasteiger partial charge on any atom is 0.115 e. The summed E-state index contributed by atoms with van der Waals surface area (Å²) in [4.78, 5) is 0.160. The van der Waals surface area contributed by atoms with Gasteiger partial charge < -0.3 is 5.73 Å². The van der Waals surface area contributed by atoms with Crippen molar-refractivity contribution in [2.75, 3.05) is 0 Å². The molecule has 3 rings (SSSR count). The monoisotopic (exact) mass is 360 g/mol. The molecule has 0 unspecified atom stereocenters. The minimum atomic E-state index is -2.43. The molecule has 0 bridgehead atoms. The molecule has 0 radical (unpaired) electrons. The lowest BCUT2D eigenvalue weighted by molar-refractivity contribution is 1.56. The molecular weight excluding hydrogens is 343 g/mol. The second-order valence-corrected chi connectivity index (χ2v) is 9.28. The van der Waals surface area contributed by atoms with Crippen LogP contribution in [0.5, 0.6) is 0 Å². The molecule has 0 amide bonds. The molecule has 0 heterocycles. The van der Waals surface area contributed by atoms with Gasteiger partial charge in [-0.1, -0.05) is 103 Å². The van der Waals surface area contributed by atoms with Crippen LogP contribution in [0.3, 0.4) is 0 Å². The third-order valence-corrected chi connectivity index (χ3v) is 8.69. The third-order valence-electron chi connectivity index (χ3n) is 4.11. The lowest BCUT2D eigenvalue weighted by atomic mass is 10.3. The fourth-order valence-corrected chi connectivity index (χ4v) is 7.55. The van der Waals surface area contributed by atoms with Crippen LogP contribution in [-0.2, 0) is 0 Å². The largest absolute Gasteiger partial charge is 0.389 e. The van der Waals surface area contributed by atoms with Crippen LogP contribution in [0.15, 0.2) is 91.0 Å². The van der Waals surface area contributed by atoms with Crippen molar-refractivity contribution >= 4 is 45.3 Å². The summed E-state index contributed by atoms with van der Waals surface area (Å²) in [7, 11) is 0. The predicted octanol–water partition coefficient (Wildman–Crippen LogP) is 2.96. The zero-order valence-corrected chi connectivity index (χ0v) is 15.3. The molecule has 2 nitrogen and oxygen atoms in total. The first kappa shape index (κ1) is 17.2. The van der Waals surface area contributed by atoms with E-state index in [0.29, 0.717) is 5.29 Å². The molecule has 0 atom stereocenters. The van der Waals surface area contributed by atoms with Crippen LogP contribution in [-0.4, -0.2) is 10.3 Å². The number of hydrogen-bond donors (Lipinski definition) is 1. The fourth-order valence-electron chi connectivity index (χ4n) is 3.08. The topological polar surface area (TPSA) is 49.8 Å². The lowest BCUT2D eigenvalue weighted by Gasteiger charge is -2.30. The molecule has 0 saturated carbocycles. The average molecular weight is 360 g/mol. The summed E-state index contributed by atoms with van der Waals surface area (Å²) in [6.45, 7) is -2.43. The second-order valence-electron chi connectivity index (χ2n) is 5.50. The van der Waals surface area contributed by atoms with Crippen LogP contribution in [0, 0.1) is 11.3 Å². The van der Waals surface area contributed by atoms with Gasteiger partial charge in [0.15, 0.2) is 0 Å². The molecule has 0 spiro atoms. The Kier molecular flexibility index (Phi) is 5.14. The molecule has 0 aliphatic rings. The van der Waals surface area contributed by atoms with Gasteiger partial charge in [-0.25, -0.2) is 0 Å². The Labute approximate surface area is 153 Å². The first-order valence-electron chi connectivity index (χ1n) is 7.84. The summed E-state index contributed by atoms with van der Waals surface area (Å²) in [5.41, 5.74) is 6.05. The lowest BCUT2D eigenvalue weighted by Crippen LogP contribution is -2.34. The van der Waals surface area contributed by atoms with Crippen molar-refractivity contribution in [3.8, 4) is 6.07 Å². The summed E-state index contributed by atoms with van der Waals surface area (Å²) in [6.07, 6.45) is 0. The van der Waals surface area contributed by atoms with Crippen LogP contribution in [0.25, 0.3) is 0 Å². The van der Waals surface area contributed by atoms with Crippen molar-refractivity contribution in [2.24, 2.45) is 5.73 Å². The quantitative estimate of drug-likeness (QED) is 0.575. The van der Waals surface area contributed by atoms with Crippen molar-refractivity contribution in [1.29, 1.82) is 5.26 Å². The Balaban J connectivity index is 2.60. The number of nitrogens with two attached hydrogens (primary N) is 1. The highest BCUT2D eigenvalue weighted by molar-refractivity contribution is 7.99. The van der Waals surface area contributed by atoms with Crippen LogP contribution < -0.4 is 21.6 Å². The molecule has 3 aromatic carbocycles. The van der Waals surface area contributed by atoms with Gasteiger partial charge in [0.25, 0.3) is 0 Å². The van der Waals surface area contributed by atoms with Crippen LogP contribution >= 0.6 is 19.1 Å². The first-order chi connectivity index (χ1) is 12.2. The molecule has 3 aromatic rings. The van der Waals surface area contributed by atoms with E-state index in [1.165, 1.54) is 0 Å². The first-order valence-corrected chi connectivity index (χ1v) is 10.0. The van der Waals surface area contributed by atoms with E-state index in [2.05, 4.69) is 42.5 Å². The molecule has 2 N–H and O–H groups in total. The molecule has 4 heteroatoms. The summed E-state index contributed by atoms with van der Waals surface area (Å²) in [5, 5.41) is 13.7. The van der Waals surface area contributed by atoms with Gasteiger partial charge in [-0.05, 0) is 22.8 Å². The smallest absolute Gasteiger partial charge is 0.115 e. The van der Waals surface area contributed by atoms with E-state index in [4.69, 9.17) is 18.0 Å². The zero-order valence-electron chi connectivity index (χ0n) is 13.5. The minimum absolute atomic E-state index is 0.160. The maximum atomic E-state index is 9.99. The normalized spacial score (nSPS) is 10.7. The number of thiocarbonyl (C=S) groups is 1. The molecule has 25 heavy (non-hydrogen) atoms. The van der Waals surface area contributed by atoms with E-state index in [1.54, 1.807) is 0 Å². The van der Waals surface area contributed by atoms with Crippen LogP contribution in [0.1, 0.15) is 0 Å². The van der Waals surface area contributed by atoms with Crippen molar-refractivity contribution in [2.45, 2.75) is 0 Å². The van der Waals surface area contributed by atoms with Crippen LogP contribution in [0.4, 0.5) is 0 Å². The SMILES string of the molecule is N#CC(C(N)=S)=P(c1ccccc1)(c1ccccc1)c1ccccc1. The van der Waals surface area contributed by atoms with Gasteiger partial charge in [-0.3, -0.25) is 0 Å². The summed E-state index contributed by atoms with van der Waals surface area (Å²) in [6, 6.07) is 32.6. The average Bonchev–Trinajstić information content (AvgIpc) is 2.68. The van der Waals surface area contributed by atoms with Crippen molar-refractivity contribution in [3.63, 3.8) is 0 Å². The highest BCUT2D eigenvalue weighted by atomic mass is 32.1. The molecule has 122 valence electrons. The van der Waals surface area contributed by atoms with Gasteiger partial charge in [-0.2, -0.15) is 5.26 Å². The van der Waals surface area contributed by atoms with Gasteiger partial charge in [0.2, 0.25) is 0 Å². The summed E-state index contributed by atoms with van der Waals surface area (Å²) < 4.78 is 0. The van der Waals surface area contributed by atoms with Gasteiger partial charge in [-0.15, -0.1) is 0 Å². The van der Waals surface area contributed by atoms with Crippen molar-refractivity contribution in [3.05, 3.63) is 91.0 Å². The van der Waals surface area contributed by atoms with Crippen molar-refractivity contribution < 1.29 is 0 Å². The van der Waals surface area contributed by atoms with E-state index in [0.717, 1.165) is 15.9 Å². The Hall–Kier alpha value is -2.66. The van der Waals surface area contributed by atoms with Crippen LogP contribution in [0.2, 0.25) is 0 Å². The second kappa shape index (κ2) is 7.49. The third kappa shape index (κ3) is 3.03. The van der Waals surface area contributed by atoms with E-state index >= 15 is 0 Å². The standard InChI is InChI=1S/C21H17N2PS/c22-16-20(21(23)25)24(17-10-4-1-5-11-17,18-12-6-2-7-13-18)19-14-8-3-9-15-19/h1-15H,(H2,23,25). The highest BCUT2D eigenvalue weighted by Gasteiger charge is 2.31. The molecule has 0 fully saturated rings. The van der Waals surface area contributed by atoms with E-state index in [9.17, 15) is 5.26 Å². The Morgan fingerprint density at radius 2 is 1.04 bits per heavy atom. The molecular formula is C21H17N2PS. The summed E-state index contributed by atoms with van der Waals surface area (Å²) >= 11 is 5.31. The molecule has 0 saturated heterocycles. The van der Waals surface area contributed by atoms with Gasteiger partial charge in [0.1, 0.15) is 11.1 Å². The van der Waals surface area contributed by atoms with E-state index in [1.807, 2.05) is 54.6 Å². The fraction of sp³-hybridized carbons (Fsp3) is 0. The van der Waals surface area contributed by atoms with E-state index < -0.39 is 6.89 Å². The van der Waals surface area contributed by atoms with Gasteiger partial charge in [0.05, 0.1) is 5.29 Å². The Morgan fingerprint density at radius 1 is 0.720 bits per heavy atom. The number of nitrogens with zero attached hydrogens (tertiary/aromatic N) is 1. The minimum Gasteiger partial charge on any atom is -0.389 e. The molecule has 0 aliphatic carbocycles. The maximum absolute atomic E-state index is 9.99. The number of nitriles is 1. The molecule has 0 aliphatic heterocycles. The van der Waals surface area contributed by atoms with Gasteiger partial charge in [0, 0.05) is 0 Å². The Morgan fingerprint density at radius 3 is 1.28 bits per heavy atom. The summed E-state index contributed by atoms with van der Waals surface area (Å²) in [5.74, 6) is 0. The highest BCUT2D eigenvalue weighted by Crippen LogP contribution is 2.46. The van der Waals surface area contributed by atoms with E-state index in [-0.39, 0.29) is 4.99 Å². The van der Waals surface area contributed by atoms with Gasteiger partial charge >= 0.3 is 0 Å². The number of rotatable bonds is 4. The Bertz CT molecular complexity index is 871. The molecule has 0 aromatic heterocycles.